The summed E-state index contributed by atoms with van der Waals surface area (Å²) in [5, 5.41) is 0.852. The predicted molar refractivity (Wildman–Crippen MR) is 73.7 cm³/mol. The minimum atomic E-state index is 0.00162. The molecule has 2 aromatic heterocycles. The summed E-state index contributed by atoms with van der Waals surface area (Å²) in [4.78, 5) is 19.5. The number of halogens is 1. The van der Waals surface area contributed by atoms with Crippen LogP contribution >= 0.6 is 15.9 Å². The van der Waals surface area contributed by atoms with E-state index in [1.54, 1.807) is 18.6 Å². The van der Waals surface area contributed by atoms with E-state index in [2.05, 4.69) is 25.9 Å². The van der Waals surface area contributed by atoms with Crippen LogP contribution in [0.25, 0.3) is 10.9 Å². The van der Waals surface area contributed by atoms with Gasteiger partial charge in [-0.2, -0.15) is 0 Å². The standard InChI is InChI=1S/C14H9BrN2O/c15-10-3-1-9(2-4-10)14(18)12-8-17-13-5-6-16-7-11(12)13/h1-8,17H. The van der Waals surface area contributed by atoms with E-state index in [0.717, 1.165) is 15.4 Å². The number of rotatable bonds is 2. The van der Waals surface area contributed by atoms with Crippen LogP contribution in [-0.2, 0) is 0 Å². The monoisotopic (exact) mass is 300 g/mol. The topological polar surface area (TPSA) is 45.8 Å². The highest BCUT2D eigenvalue weighted by atomic mass is 79.9. The molecule has 3 rings (SSSR count). The molecule has 1 aromatic carbocycles. The van der Waals surface area contributed by atoms with Crippen LogP contribution in [-0.4, -0.2) is 15.8 Å². The number of aromatic amines is 1. The van der Waals surface area contributed by atoms with Gasteiger partial charge in [0, 0.05) is 45.1 Å². The molecule has 18 heavy (non-hydrogen) atoms. The molecule has 4 heteroatoms. The number of nitrogens with zero attached hydrogens (tertiary/aromatic N) is 1. The molecule has 0 bridgehead atoms. The number of hydrogen-bond acceptors (Lipinski definition) is 2. The van der Waals surface area contributed by atoms with E-state index in [9.17, 15) is 4.79 Å². The van der Waals surface area contributed by atoms with Gasteiger partial charge in [-0.15, -0.1) is 0 Å². The van der Waals surface area contributed by atoms with E-state index < -0.39 is 0 Å². The number of aromatic nitrogens is 2. The first-order valence-electron chi connectivity index (χ1n) is 5.47. The van der Waals surface area contributed by atoms with Crippen LogP contribution < -0.4 is 0 Å². The van der Waals surface area contributed by atoms with Crippen LogP contribution in [0.2, 0.25) is 0 Å². The van der Waals surface area contributed by atoms with Crippen molar-refractivity contribution in [3.05, 3.63) is 64.5 Å². The lowest BCUT2D eigenvalue weighted by atomic mass is 10.0. The Morgan fingerprint density at radius 2 is 1.94 bits per heavy atom. The molecule has 0 fully saturated rings. The third-order valence-corrected chi connectivity index (χ3v) is 3.36. The van der Waals surface area contributed by atoms with Crippen molar-refractivity contribution < 1.29 is 4.79 Å². The van der Waals surface area contributed by atoms with Crippen molar-refractivity contribution in [2.45, 2.75) is 0 Å². The molecule has 3 aromatic rings. The summed E-state index contributed by atoms with van der Waals surface area (Å²) in [7, 11) is 0. The smallest absolute Gasteiger partial charge is 0.195 e. The van der Waals surface area contributed by atoms with Gasteiger partial charge < -0.3 is 4.98 Å². The lowest BCUT2D eigenvalue weighted by molar-refractivity contribution is 0.104. The second kappa shape index (κ2) is 4.38. The van der Waals surface area contributed by atoms with Crippen LogP contribution in [0, 0.1) is 0 Å². The molecule has 88 valence electrons. The first kappa shape index (κ1) is 11.2. The first-order valence-corrected chi connectivity index (χ1v) is 6.26. The molecule has 0 spiro atoms. The number of hydrogen-bond donors (Lipinski definition) is 1. The molecule has 0 aliphatic carbocycles. The molecule has 0 saturated carbocycles. The highest BCUT2D eigenvalue weighted by molar-refractivity contribution is 9.10. The van der Waals surface area contributed by atoms with E-state index in [0.29, 0.717) is 11.1 Å². The summed E-state index contributed by atoms with van der Waals surface area (Å²) in [6, 6.07) is 9.19. The number of pyridine rings is 1. The van der Waals surface area contributed by atoms with Crippen molar-refractivity contribution in [1.29, 1.82) is 0 Å². The van der Waals surface area contributed by atoms with Crippen molar-refractivity contribution in [3.63, 3.8) is 0 Å². The van der Waals surface area contributed by atoms with Crippen LogP contribution in [0.3, 0.4) is 0 Å². The third kappa shape index (κ3) is 1.84. The molecule has 0 saturated heterocycles. The number of carbonyl (C=O) groups is 1. The zero-order valence-corrected chi connectivity index (χ0v) is 10.9. The summed E-state index contributed by atoms with van der Waals surface area (Å²) in [5.41, 5.74) is 2.24. The Morgan fingerprint density at radius 3 is 2.72 bits per heavy atom. The van der Waals surface area contributed by atoms with Crippen molar-refractivity contribution >= 4 is 32.6 Å². The maximum atomic E-state index is 12.4. The normalized spacial score (nSPS) is 10.7. The van der Waals surface area contributed by atoms with Gasteiger partial charge in [0.15, 0.2) is 5.78 Å². The van der Waals surface area contributed by atoms with Gasteiger partial charge in [-0.1, -0.05) is 15.9 Å². The minimum Gasteiger partial charge on any atom is -0.360 e. The van der Waals surface area contributed by atoms with Gasteiger partial charge in [0.25, 0.3) is 0 Å². The zero-order chi connectivity index (χ0) is 12.5. The SMILES string of the molecule is O=C(c1ccc(Br)cc1)c1c[nH]c2ccncc12. The van der Waals surface area contributed by atoms with Gasteiger partial charge in [-0.25, -0.2) is 0 Å². The lowest BCUT2D eigenvalue weighted by Gasteiger charge is -1.99. The molecule has 3 nitrogen and oxygen atoms in total. The van der Waals surface area contributed by atoms with Crippen molar-refractivity contribution in [2.24, 2.45) is 0 Å². The van der Waals surface area contributed by atoms with Crippen molar-refractivity contribution in [1.82, 2.24) is 9.97 Å². The molecule has 0 aliphatic heterocycles. The fourth-order valence-electron chi connectivity index (χ4n) is 1.91. The number of H-pyrrole nitrogens is 1. The van der Waals surface area contributed by atoms with Gasteiger partial charge in [0.2, 0.25) is 0 Å². The number of nitrogens with one attached hydrogen (secondary N) is 1. The Hall–Kier alpha value is -1.94. The van der Waals surface area contributed by atoms with Gasteiger partial charge in [0.05, 0.1) is 0 Å². The zero-order valence-electron chi connectivity index (χ0n) is 9.35. The molecule has 0 aliphatic rings. The predicted octanol–water partition coefficient (Wildman–Crippen LogP) is 3.56. The number of ketones is 1. The molecule has 1 N–H and O–H groups in total. The molecule has 0 radical (unpaired) electrons. The second-order valence-corrected chi connectivity index (χ2v) is 4.88. The fraction of sp³-hybridized carbons (Fsp3) is 0. The Bertz CT molecular complexity index is 716. The first-order chi connectivity index (χ1) is 8.75. The lowest BCUT2D eigenvalue weighted by Crippen LogP contribution is -1.99. The van der Waals surface area contributed by atoms with E-state index in [4.69, 9.17) is 0 Å². The van der Waals surface area contributed by atoms with Crippen molar-refractivity contribution in [2.75, 3.05) is 0 Å². The quantitative estimate of drug-likeness (QED) is 0.736. The largest absolute Gasteiger partial charge is 0.360 e. The number of carbonyl (C=O) groups excluding carboxylic acids is 1. The molecule has 0 atom stereocenters. The minimum absolute atomic E-state index is 0.00162. The Labute approximate surface area is 112 Å². The maximum Gasteiger partial charge on any atom is 0.195 e. The van der Waals surface area contributed by atoms with E-state index in [1.807, 2.05) is 30.3 Å². The second-order valence-electron chi connectivity index (χ2n) is 3.96. The van der Waals surface area contributed by atoms with Crippen LogP contribution in [0.4, 0.5) is 0 Å². The summed E-state index contributed by atoms with van der Waals surface area (Å²) >= 11 is 3.36. The molecule has 0 amide bonds. The summed E-state index contributed by atoms with van der Waals surface area (Å²) < 4.78 is 0.958. The average molecular weight is 301 g/mol. The molecule has 2 heterocycles. The van der Waals surface area contributed by atoms with Gasteiger partial charge in [-0.05, 0) is 30.3 Å². The summed E-state index contributed by atoms with van der Waals surface area (Å²) in [6.45, 7) is 0. The highest BCUT2D eigenvalue weighted by Gasteiger charge is 2.13. The van der Waals surface area contributed by atoms with Crippen LogP contribution in [0.5, 0.6) is 0 Å². The number of fused-ring (bicyclic) bond motifs is 1. The molecular weight excluding hydrogens is 292 g/mol. The number of benzene rings is 1. The van der Waals surface area contributed by atoms with Crippen molar-refractivity contribution in [3.8, 4) is 0 Å². The average Bonchev–Trinajstić information content (AvgIpc) is 2.82. The van der Waals surface area contributed by atoms with E-state index in [-0.39, 0.29) is 5.78 Å². The Balaban J connectivity index is 2.09. The summed E-state index contributed by atoms with van der Waals surface area (Å²) in [5.74, 6) is 0.00162. The van der Waals surface area contributed by atoms with Crippen LogP contribution in [0.15, 0.2) is 53.4 Å². The highest BCUT2D eigenvalue weighted by Crippen LogP contribution is 2.21. The third-order valence-electron chi connectivity index (χ3n) is 2.83. The van der Waals surface area contributed by atoms with Crippen LogP contribution in [0.1, 0.15) is 15.9 Å². The molecular formula is C14H9BrN2O. The Morgan fingerprint density at radius 1 is 1.17 bits per heavy atom. The van der Waals surface area contributed by atoms with E-state index >= 15 is 0 Å². The van der Waals surface area contributed by atoms with Gasteiger partial charge in [-0.3, -0.25) is 9.78 Å². The molecule has 0 unspecified atom stereocenters. The van der Waals surface area contributed by atoms with Gasteiger partial charge >= 0.3 is 0 Å². The van der Waals surface area contributed by atoms with E-state index in [1.165, 1.54) is 0 Å². The Kier molecular flexibility index (Phi) is 2.72. The maximum absolute atomic E-state index is 12.4. The fourth-order valence-corrected chi connectivity index (χ4v) is 2.17. The summed E-state index contributed by atoms with van der Waals surface area (Å²) in [6.07, 6.45) is 5.14. The van der Waals surface area contributed by atoms with Gasteiger partial charge in [0.1, 0.15) is 0 Å².